The Hall–Kier alpha value is -3.87. The van der Waals surface area contributed by atoms with Crippen molar-refractivity contribution >= 4 is 23.7 Å². The molecule has 0 saturated heterocycles. The van der Waals surface area contributed by atoms with Gasteiger partial charge in [-0.1, -0.05) is 47.6 Å². The first kappa shape index (κ1) is 19.9. The molecule has 2 aromatic carbocycles. The first-order valence-corrected chi connectivity index (χ1v) is 9.07. The Balaban J connectivity index is 1.57. The average Bonchev–Trinajstić information content (AvgIpc) is 3.26. The molecule has 0 aliphatic carbocycles. The molecule has 0 saturated carbocycles. The van der Waals surface area contributed by atoms with Gasteiger partial charge in [0, 0.05) is 0 Å². The summed E-state index contributed by atoms with van der Waals surface area (Å²) < 4.78 is 5.07. The Morgan fingerprint density at radius 3 is 2.59 bits per heavy atom. The molecule has 2 N–H and O–H groups in total. The molecule has 1 heterocycles. The van der Waals surface area contributed by atoms with Crippen LogP contribution in [0.25, 0.3) is 0 Å². The molecule has 0 aliphatic rings. The molecular weight excluding hydrogens is 370 g/mol. The normalized spacial score (nSPS) is 11.8. The second-order valence-electron chi connectivity index (χ2n) is 6.22. The van der Waals surface area contributed by atoms with Crippen LogP contribution in [-0.4, -0.2) is 24.6 Å². The SMILES string of the molecule is CC(NC(=O)c1ccccc1NC(=O)CO/N=C/c1ccco1)c1ccccc1. The molecule has 1 unspecified atom stereocenters. The van der Waals surface area contributed by atoms with E-state index < -0.39 is 5.91 Å². The molecule has 0 fully saturated rings. The van der Waals surface area contributed by atoms with E-state index in [4.69, 9.17) is 9.25 Å². The Labute approximate surface area is 168 Å². The highest BCUT2D eigenvalue weighted by molar-refractivity contribution is 6.04. The van der Waals surface area contributed by atoms with Crippen molar-refractivity contribution in [3.8, 4) is 0 Å². The second-order valence-corrected chi connectivity index (χ2v) is 6.22. The lowest BCUT2D eigenvalue weighted by molar-refractivity contribution is -0.120. The minimum absolute atomic E-state index is 0.174. The number of para-hydroxylation sites is 1. The number of carbonyl (C=O) groups is 2. The smallest absolute Gasteiger partial charge is 0.265 e. The summed E-state index contributed by atoms with van der Waals surface area (Å²) >= 11 is 0. The Bertz CT molecular complexity index is 969. The second kappa shape index (κ2) is 9.89. The summed E-state index contributed by atoms with van der Waals surface area (Å²) in [5, 5.41) is 9.28. The van der Waals surface area contributed by atoms with E-state index in [9.17, 15) is 9.59 Å². The van der Waals surface area contributed by atoms with Crippen LogP contribution in [-0.2, 0) is 9.63 Å². The van der Waals surface area contributed by atoms with Crippen molar-refractivity contribution in [2.24, 2.45) is 5.16 Å². The largest absolute Gasteiger partial charge is 0.463 e. The van der Waals surface area contributed by atoms with Crippen LogP contribution < -0.4 is 10.6 Å². The molecule has 1 atom stereocenters. The van der Waals surface area contributed by atoms with Crippen molar-refractivity contribution in [1.82, 2.24) is 5.32 Å². The molecule has 7 nitrogen and oxygen atoms in total. The van der Waals surface area contributed by atoms with Crippen molar-refractivity contribution in [2.75, 3.05) is 11.9 Å². The van der Waals surface area contributed by atoms with Gasteiger partial charge in [0.2, 0.25) is 0 Å². The zero-order valence-corrected chi connectivity index (χ0v) is 15.9. The zero-order valence-electron chi connectivity index (χ0n) is 15.9. The average molecular weight is 391 g/mol. The van der Waals surface area contributed by atoms with Gasteiger partial charge in [-0.2, -0.15) is 0 Å². The van der Waals surface area contributed by atoms with Gasteiger partial charge in [0.1, 0.15) is 12.0 Å². The molecule has 148 valence electrons. The highest BCUT2D eigenvalue weighted by Gasteiger charge is 2.16. The monoisotopic (exact) mass is 391 g/mol. The molecule has 0 spiro atoms. The summed E-state index contributed by atoms with van der Waals surface area (Å²) in [4.78, 5) is 29.8. The number of benzene rings is 2. The van der Waals surface area contributed by atoms with E-state index in [0.29, 0.717) is 17.0 Å². The van der Waals surface area contributed by atoms with E-state index in [0.717, 1.165) is 5.56 Å². The van der Waals surface area contributed by atoms with Crippen molar-refractivity contribution in [3.05, 3.63) is 89.9 Å². The number of nitrogens with zero attached hydrogens (tertiary/aromatic N) is 1. The molecule has 3 rings (SSSR count). The van der Waals surface area contributed by atoms with Crippen LogP contribution in [0.3, 0.4) is 0 Å². The maximum atomic E-state index is 12.7. The summed E-state index contributed by atoms with van der Waals surface area (Å²) in [5.41, 5.74) is 1.75. The molecule has 7 heteroatoms. The minimum Gasteiger partial charge on any atom is -0.463 e. The number of nitrogens with one attached hydrogen (secondary N) is 2. The van der Waals surface area contributed by atoms with E-state index in [1.165, 1.54) is 12.5 Å². The summed E-state index contributed by atoms with van der Waals surface area (Å²) in [6.45, 7) is 1.60. The van der Waals surface area contributed by atoms with E-state index in [2.05, 4.69) is 15.8 Å². The lowest BCUT2D eigenvalue weighted by atomic mass is 10.1. The summed E-state index contributed by atoms with van der Waals surface area (Å²) in [6.07, 6.45) is 2.87. The lowest BCUT2D eigenvalue weighted by Gasteiger charge is -2.16. The van der Waals surface area contributed by atoms with Crippen molar-refractivity contribution in [3.63, 3.8) is 0 Å². The number of anilines is 1. The predicted octanol–water partition coefficient (Wildman–Crippen LogP) is 3.76. The van der Waals surface area contributed by atoms with Gasteiger partial charge in [0.05, 0.1) is 23.6 Å². The van der Waals surface area contributed by atoms with Crippen LogP contribution in [0.1, 0.15) is 34.6 Å². The van der Waals surface area contributed by atoms with Crippen LogP contribution in [0.5, 0.6) is 0 Å². The van der Waals surface area contributed by atoms with Crippen LogP contribution >= 0.6 is 0 Å². The molecule has 0 radical (unpaired) electrons. The molecule has 3 aromatic rings. The van der Waals surface area contributed by atoms with E-state index in [1.54, 1.807) is 36.4 Å². The topological polar surface area (TPSA) is 92.9 Å². The Kier molecular flexibility index (Phi) is 6.78. The Morgan fingerprint density at radius 2 is 1.83 bits per heavy atom. The van der Waals surface area contributed by atoms with Crippen LogP contribution in [0, 0.1) is 0 Å². The van der Waals surface area contributed by atoms with E-state index in [1.807, 2.05) is 37.3 Å². The van der Waals surface area contributed by atoms with E-state index >= 15 is 0 Å². The standard InChI is InChI=1S/C22H21N3O4/c1-16(17-8-3-2-4-9-17)24-22(27)19-11-5-6-12-20(19)25-21(26)15-29-23-14-18-10-7-13-28-18/h2-14,16H,15H2,1H3,(H,24,27)(H,25,26)/b23-14+. The van der Waals surface area contributed by atoms with Gasteiger partial charge in [-0.05, 0) is 36.8 Å². The van der Waals surface area contributed by atoms with Gasteiger partial charge in [-0.25, -0.2) is 0 Å². The van der Waals surface area contributed by atoms with Crippen LogP contribution in [0.15, 0.2) is 82.6 Å². The minimum atomic E-state index is -0.432. The van der Waals surface area contributed by atoms with Crippen molar-refractivity contribution in [1.29, 1.82) is 0 Å². The third-order valence-electron chi connectivity index (χ3n) is 4.09. The molecular formula is C22H21N3O4. The van der Waals surface area contributed by atoms with Crippen LogP contribution in [0.4, 0.5) is 5.69 Å². The number of rotatable bonds is 8. The van der Waals surface area contributed by atoms with Crippen molar-refractivity contribution < 1.29 is 18.8 Å². The number of furan rings is 1. The zero-order chi connectivity index (χ0) is 20.5. The summed E-state index contributed by atoms with van der Waals surface area (Å²) in [7, 11) is 0. The molecule has 2 amide bonds. The van der Waals surface area contributed by atoms with Gasteiger partial charge in [-0.3, -0.25) is 9.59 Å². The highest BCUT2D eigenvalue weighted by Crippen LogP contribution is 2.18. The first-order valence-electron chi connectivity index (χ1n) is 9.07. The highest BCUT2D eigenvalue weighted by atomic mass is 16.6. The van der Waals surface area contributed by atoms with Gasteiger partial charge in [0.25, 0.3) is 11.8 Å². The number of hydrogen-bond acceptors (Lipinski definition) is 5. The van der Waals surface area contributed by atoms with E-state index in [-0.39, 0.29) is 18.6 Å². The quantitative estimate of drug-likeness (QED) is 0.452. The fourth-order valence-electron chi connectivity index (χ4n) is 2.63. The molecule has 1 aromatic heterocycles. The summed E-state index contributed by atoms with van der Waals surface area (Å²) in [5.74, 6) is -0.202. The lowest BCUT2D eigenvalue weighted by Crippen LogP contribution is -2.28. The van der Waals surface area contributed by atoms with Gasteiger partial charge < -0.3 is 19.9 Å². The molecule has 0 bridgehead atoms. The number of oxime groups is 1. The summed E-state index contributed by atoms with van der Waals surface area (Å²) in [6, 6.07) is 19.7. The molecule has 29 heavy (non-hydrogen) atoms. The maximum Gasteiger partial charge on any atom is 0.265 e. The molecule has 0 aliphatic heterocycles. The number of amides is 2. The van der Waals surface area contributed by atoms with Crippen molar-refractivity contribution in [2.45, 2.75) is 13.0 Å². The van der Waals surface area contributed by atoms with Gasteiger partial charge in [0.15, 0.2) is 6.61 Å². The maximum absolute atomic E-state index is 12.7. The van der Waals surface area contributed by atoms with Gasteiger partial charge >= 0.3 is 0 Å². The Morgan fingerprint density at radius 1 is 1.07 bits per heavy atom. The number of hydrogen-bond donors (Lipinski definition) is 2. The van der Waals surface area contributed by atoms with Gasteiger partial charge in [-0.15, -0.1) is 0 Å². The number of carbonyl (C=O) groups excluding carboxylic acids is 2. The fraction of sp³-hybridized carbons (Fsp3) is 0.136. The fourth-order valence-corrected chi connectivity index (χ4v) is 2.63. The third-order valence-corrected chi connectivity index (χ3v) is 4.09. The van der Waals surface area contributed by atoms with Crippen LogP contribution in [0.2, 0.25) is 0 Å². The third kappa shape index (κ3) is 5.80. The first-order chi connectivity index (χ1) is 14.1. The predicted molar refractivity (Wildman–Crippen MR) is 110 cm³/mol.